The van der Waals surface area contributed by atoms with Crippen molar-refractivity contribution >= 4 is 51.7 Å². The van der Waals surface area contributed by atoms with Crippen LogP contribution in [0, 0.1) is 0 Å². The summed E-state index contributed by atoms with van der Waals surface area (Å²) in [6.45, 7) is 0. The molecule has 0 N–H and O–H groups in total. The highest BCUT2D eigenvalue weighted by Crippen LogP contribution is 2.29. The lowest BCUT2D eigenvalue weighted by Crippen LogP contribution is -2.01. The molecule has 1 heterocycles. The Morgan fingerprint density at radius 3 is 3.00 bits per heavy atom. The van der Waals surface area contributed by atoms with Crippen LogP contribution in [0.25, 0.3) is 10.2 Å². The van der Waals surface area contributed by atoms with Gasteiger partial charge in [0, 0.05) is 0 Å². The molecule has 0 amide bonds. The minimum atomic E-state index is 0.141. The van der Waals surface area contributed by atoms with Crippen LogP contribution in [0.2, 0.25) is 0 Å². The number of thiazole rings is 1. The minimum Gasteiger partial charge on any atom is -0.298 e. The number of rotatable bonds is 4. The SMILES string of the molecule is O=C(CS)CSc1nc2ccccc2s1. The zero-order valence-electron chi connectivity index (χ0n) is 7.84. The molecule has 1 aromatic carbocycles. The predicted molar refractivity (Wildman–Crippen MR) is 69.2 cm³/mol. The highest BCUT2D eigenvalue weighted by atomic mass is 32.2. The Balaban J connectivity index is 2.12. The number of Topliss-reactive ketones (excluding diaryl/α,β-unsaturated/α-hetero) is 1. The van der Waals surface area contributed by atoms with Crippen LogP contribution < -0.4 is 0 Å². The molecule has 0 radical (unpaired) electrons. The molecule has 0 aliphatic carbocycles. The van der Waals surface area contributed by atoms with Crippen LogP contribution in [-0.4, -0.2) is 22.3 Å². The van der Waals surface area contributed by atoms with Gasteiger partial charge >= 0.3 is 0 Å². The van der Waals surface area contributed by atoms with Crippen LogP contribution >= 0.6 is 35.7 Å². The Hall–Kier alpha value is -0.520. The maximum absolute atomic E-state index is 11.1. The first kappa shape index (κ1) is 11.0. The molecule has 0 saturated heterocycles. The smallest absolute Gasteiger partial charge is 0.152 e. The molecule has 0 unspecified atom stereocenters. The Morgan fingerprint density at radius 1 is 1.47 bits per heavy atom. The molecule has 0 fully saturated rings. The molecule has 0 aliphatic rings. The van der Waals surface area contributed by atoms with Gasteiger partial charge in [0.15, 0.2) is 10.1 Å². The van der Waals surface area contributed by atoms with Gasteiger partial charge in [-0.3, -0.25) is 4.79 Å². The molecular weight excluding hydrogens is 246 g/mol. The van der Waals surface area contributed by atoms with Crippen molar-refractivity contribution in [3.05, 3.63) is 24.3 Å². The van der Waals surface area contributed by atoms with Crippen molar-refractivity contribution in [2.45, 2.75) is 4.34 Å². The van der Waals surface area contributed by atoms with Gasteiger partial charge in [-0.15, -0.1) is 11.3 Å². The molecule has 0 saturated carbocycles. The van der Waals surface area contributed by atoms with Crippen molar-refractivity contribution < 1.29 is 4.79 Å². The number of ketones is 1. The van der Waals surface area contributed by atoms with E-state index in [0.717, 1.165) is 9.86 Å². The maximum atomic E-state index is 11.1. The van der Waals surface area contributed by atoms with E-state index in [1.54, 1.807) is 11.3 Å². The normalized spacial score (nSPS) is 10.7. The molecule has 0 bridgehead atoms. The molecule has 78 valence electrons. The Labute approximate surface area is 102 Å². The molecule has 0 aliphatic heterocycles. The largest absolute Gasteiger partial charge is 0.298 e. The van der Waals surface area contributed by atoms with Gasteiger partial charge in [-0.1, -0.05) is 23.9 Å². The van der Waals surface area contributed by atoms with Crippen LogP contribution in [0.1, 0.15) is 0 Å². The zero-order valence-corrected chi connectivity index (χ0v) is 10.4. The molecule has 5 heteroatoms. The van der Waals surface area contributed by atoms with E-state index in [-0.39, 0.29) is 5.78 Å². The standard InChI is InChI=1S/C10H9NOS3/c12-7(5-13)6-14-10-11-8-3-1-2-4-9(8)15-10/h1-4,13H,5-6H2. The van der Waals surface area contributed by atoms with Gasteiger partial charge in [0.05, 0.1) is 21.7 Å². The van der Waals surface area contributed by atoms with Gasteiger partial charge in [-0.25, -0.2) is 4.98 Å². The molecule has 2 nitrogen and oxygen atoms in total. The van der Waals surface area contributed by atoms with Crippen molar-refractivity contribution in [3.8, 4) is 0 Å². The Kier molecular flexibility index (Phi) is 3.66. The number of carbonyl (C=O) groups excluding carboxylic acids is 1. The van der Waals surface area contributed by atoms with E-state index < -0.39 is 0 Å². The van der Waals surface area contributed by atoms with Crippen LogP contribution in [0.4, 0.5) is 0 Å². The molecule has 2 rings (SSSR count). The number of hydrogen-bond acceptors (Lipinski definition) is 5. The highest BCUT2D eigenvalue weighted by molar-refractivity contribution is 8.01. The van der Waals surface area contributed by atoms with Crippen molar-refractivity contribution in [1.82, 2.24) is 4.98 Å². The second kappa shape index (κ2) is 5.01. The van der Waals surface area contributed by atoms with E-state index in [1.165, 1.54) is 16.5 Å². The zero-order chi connectivity index (χ0) is 10.7. The predicted octanol–water partition coefficient (Wildman–Crippen LogP) is 2.89. The third-order valence-corrected chi connectivity index (χ3v) is 4.40. The summed E-state index contributed by atoms with van der Waals surface area (Å²) in [7, 11) is 0. The van der Waals surface area contributed by atoms with Crippen LogP contribution in [0.15, 0.2) is 28.6 Å². The summed E-state index contributed by atoms with van der Waals surface area (Å²) in [6, 6.07) is 7.98. The number of thiol groups is 1. The van der Waals surface area contributed by atoms with Gasteiger partial charge in [0.25, 0.3) is 0 Å². The van der Waals surface area contributed by atoms with E-state index in [2.05, 4.69) is 17.6 Å². The van der Waals surface area contributed by atoms with E-state index in [1.807, 2.05) is 24.3 Å². The summed E-state index contributed by atoms with van der Waals surface area (Å²) in [6.07, 6.45) is 0. The highest BCUT2D eigenvalue weighted by Gasteiger charge is 2.05. The molecule has 0 atom stereocenters. The Bertz CT molecular complexity index is 447. The molecule has 1 aromatic heterocycles. The second-order valence-corrected chi connectivity index (χ2v) is 5.50. The summed E-state index contributed by atoms with van der Waals surface area (Å²) in [5.41, 5.74) is 1.00. The summed E-state index contributed by atoms with van der Waals surface area (Å²) < 4.78 is 2.12. The van der Waals surface area contributed by atoms with Crippen molar-refractivity contribution in [3.63, 3.8) is 0 Å². The summed E-state index contributed by atoms with van der Waals surface area (Å²) in [4.78, 5) is 15.5. The van der Waals surface area contributed by atoms with Crippen molar-refractivity contribution in [2.24, 2.45) is 0 Å². The quantitative estimate of drug-likeness (QED) is 0.673. The average molecular weight is 255 g/mol. The van der Waals surface area contributed by atoms with E-state index in [4.69, 9.17) is 0 Å². The van der Waals surface area contributed by atoms with Crippen LogP contribution in [-0.2, 0) is 4.79 Å². The van der Waals surface area contributed by atoms with Crippen LogP contribution in [0.5, 0.6) is 0 Å². The number of thioether (sulfide) groups is 1. The summed E-state index contributed by atoms with van der Waals surface area (Å²) in [5.74, 6) is 0.906. The van der Waals surface area contributed by atoms with Crippen molar-refractivity contribution in [1.29, 1.82) is 0 Å². The first-order valence-electron chi connectivity index (χ1n) is 4.40. The number of carbonyl (C=O) groups is 1. The third kappa shape index (κ3) is 2.74. The Morgan fingerprint density at radius 2 is 2.27 bits per heavy atom. The number of para-hydroxylation sites is 1. The lowest BCUT2D eigenvalue weighted by Gasteiger charge is -1.92. The average Bonchev–Trinajstić information content (AvgIpc) is 2.68. The maximum Gasteiger partial charge on any atom is 0.152 e. The minimum absolute atomic E-state index is 0.141. The van der Waals surface area contributed by atoms with Gasteiger partial charge in [-0.2, -0.15) is 12.6 Å². The lowest BCUT2D eigenvalue weighted by atomic mass is 10.3. The van der Waals surface area contributed by atoms with Gasteiger partial charge in [-0.05, 0) is 12.1 Å². The van der Waals surface area contributed by atoms with Crippen LogP contribution in [0.3, 0.4) is 0 Å². The molecule has 15 heavy (non-hydrogen) atoms. The first-order chi connectivity index (χ1) is 7.29. The number of aromatic nitrogens is 1. The topological polar surface area (TPSA) is 30.0 Å². The lowest BCUT2D eigenvalue weighted by molar-refractivity contribution is -0.114. The van der Waals surface area contributed by atoms with E-state index in [0.29, 0.717) is 11.5 Å². The fourth-order valence-electron chi connectivity index (χ4n) is 1.10. The second-order valence-electron chi connectivity index (χ2n) is 2.93. The number of benzene rings is 1. The van der Waals surface area contributed by atoms with E-state index in [9.17, 15) is 4.79 Å². The third-order valence-electron chi connectivity index (χ3n) is 1.81. The molecule has 2 aromatic rings. The summed E-state index contributed by atoms with van der Waals surface area (Å²) in [5, 5.41) is 0. The summed E-state index contributed by atoms with van der Waals surface area (Å²) >= 11 is 7.04. The van der Waals surface area contributed by atoms with Crippen molar-refractivity contribution in [2.75, 3.05) is 11.5 Å². The molecule has 0 spiro atoms. The van der Waals surface area contributed by atoms with E-state index >= 15 is 0 Å². The number of hydrogen-bond donors (Lipinski definition) is 1. The molecular formula is C10H9NOS3. The fourth-order valence-corrected chi connectivity index (χ4v) is 3.29. The number of fused-ring (bicyclic) bond motifs is 1. The van der Waals surface area contributed by atoms with Gasteiger partial charge < -0.3 is 0 Å². The first-order valence-corrected chi connectivity index (χ1v) is 6.84. The fraction of sp³-hybridized carbons (Fsp3) is 0.200. The van der Waals surface area contributed by atoms with Gasteiger partial charge in [0.2, 0.25) is 0 Å². The monoisotopic (exact) mass is 255 g/mol. The van der Waals surface area contributed by atoms with Gasteiger partial charge in [0.1, 0.15) is 0 Å². The number of nitrogens with zero attached hydrogens (tertiary/aromatic N) is 1.